The molecule has 1 saturated heterocycles. The Morgan fingerprint density at radius 3 is 2.33 bits per heavy atom. The first-order valence-electron chi connectivity index (χ1n) is 7.74. The lowest BCUT2D eigenvalue weighted by Crippen LogP contribution is -2.42. The minimum absolute atomic E-state index is 0.100. The second-order valence-electron chi connectivity index (χ2n) is 6.49. The van der Waals surface area contributed by atoms with E-state index in [2.05, 4.69) is 13.8 Å². The molecular formula is C17H25NO2S. The minimum atomic E-state index is 0.100. The van der Waals surface area contributed by atoms with E-state index in [9.17, 15) is 9.59 Å². The van der Waals surface area contributed by atoms with Crippen LogP contribution in [0.1, 0.15) is 53.2 Å². The number of carbonyl (C=O) groups excluding carboxylic acids is 2. The molecule has 3 nitrogen and oxygen atoms in total. The second kappa shape index (κ2) is 6.73. The van der Waals surface area contributed by atoms with Gasteiger partial charge < -0.3 is 4.90 Å². The average molecular weight is 307 g/mol. The lowest BCUT2D eigenvalue weighted by Gasteiger charge is -2.35. The number of hydrogen-bond acceptors (Lipinski definition) is 3. The van der Waals surface area contributed by atoms with E-state index in [1.807, 2.05) is 24.8 Å². The maximum Gasteiger partial charge on any atom is 0.223 e. The van der Waals surface area contributed by atoms with Crippen molar-refractivity contribution in [2.75, 3.05) is 13.1 Å². The molecule has 1 fully saturated rings. The van der Waals surface area contributed by atoms with Gasteiger partial charge in [0, 0.05) is 41.2 Å². The number of likely N-dealkylation sites (tertiary alicyclic amines) is 1. The number of Topliss-reactive ketones (excluding diaryl/α,β-unsaturated/α-hetero) is 1. The van der Waals surface area contributed by atoms with Crippen LogP contribution in [0.15, 0.2) is 6.07 Å². The summed E-state index contributed by atoms with van der Waals surface area (Å²) in [4.78, 5) is 28.7. The van der Waals surface area contributed by atoms with Crippen LogP contribution in [-0.4, -0.2) is 29.7 Å². The van der Waals surface area contributed by atoms with E-state index in [-0.39, 0.29) is 11.7 Å². The number of aryl methyl sites for hydroxylation is 2. The fourth-order valence-electron chi connectivity index (χ4n) is 3.29. The van der Waals surface area contributed by atoms with Crippen molar-refractivity contribution in [1.82, 2.24) is 4.90 Å². The van der Waals surface area contributed by atoms with Crippen LogP contribution in [0, 0.1) is 25.7 Å². The topological polar surface area (TPSA) is 37.4 Å². The molecule has 4 heteroatoms. The molecule has 0 aliphatic carbocycles. The molecule has 1 aliphatic rings. The number of thiophene rings is 1. The zero-order chi connectivity index (χ0) is 15.6. The molecule has 1 aromatic heterocycles. The first-order valence-corrected chi connectivity index (χ1v) is 8.56. The molecule has 0 bridgehead atoms. The molecular weight excluding hydrogens is 282 g/mol. The third-order valence-corrected chi connectivity index (χ3v) is 5.09. The van der Waals surface area contributed by atoms with E-state index in [1.165, 1.54) is 6.42 Å². The van der Waals surface area contributed by atoms with Crippen molar-refractivity contribution in [3.8, 4) is 0 Å². The van der Waals surface area contributed by atoms with Crippen molar-refractivity contribution >= 4 is 23.0 Å². The molecule has 0 radical (unpaired) electrons. The summed E-state index contributed by atoms with van der Waals surface area (Å²) in [6.45, 7) is 10.1. The Labute approximate surface area is 131 Å². The maximum atomic E-state index is 12.3. The van der Waals surface area contributed by atoms with Gasteiger partial charge in [-0.15, -0.1) is 11.3 Å². The maximum absolute atomic E-state index is 12.3. The summed E-state index contributed by atoms with van der Waals surface area (Å²) in [5, 5.41) is 0. The summed E-state index contributed by atoms with van der Waals surface area (Å²) in [7, 11) is 0. The van der Waals surface area contributed by atoms with E-state index in [0.29, 0.717) is 24.7 Å². The fraction of sp³-hybridized carbons (Fsp3) is 0.647. The largest absolute Gasteiger partial charge is 0.342 e. The predicted octanol–water partition coefficient (Wildman–Crippen LogP) is 3.83. The molecule has 21 heavy (non-hydrogen) atoms. The van der Waals surface area contributed by atoms with Gasteiger partial charge in [-0.1, -0.05) is 13.8 Å². The van der Waals surface area contributed by atoms with Crippen LogP contribution in [0.25, 0.3) is 0 Å². The summed E-state index contributed by atoms with van der Waals surface area (Å²) in [6, 6.07) is 1.94. The van der Waals surface area contributed by atoms with Crippen LogP contribution in [0.5, 0.6) is 0 Å². The molecule has 1 aliphatic heterocycles. The highest BCUT2D eigenvalue weighted by Gasteiger charge is 2.25. The molecule has 1 amide bonds. The molecule has 0 N–H and O–H groups in total. The second-order valence-corrected chi connectivity index (χ2v) is 7.96. The molecule has 0 saturated carbocycles. The Bertz CT molecular complexity index is 525. The number of piperidine rings is 1. The van der Waals surface area contributed by atoms with Crippen LogP contribution in [0.3, 0.4) is 0 Å². The van der Waals surface area contributed by atoms with Gasteiger partial charge in [-0.3, -0.25) is 9.59 Å². The number of ketones is 1. The summed E-state index contributed by atoms with van der Waals surface area (Å²) in [5.41, 5.74) is 0.797. The highest BCUT2D eigenvalue weighted by Crippen LogP contribution is 2.24. The van der Waals surface area contributed by atoms with Gasteiger partial charge >= 0.3 is 0 Å². The van der Waals surface area contributed by atoms with Crippen molar-refractivity contribution in [3.05, 3.63) is 21.4 Å². The van der Waals surface area contributed by atoms with Gasteiger partial charge in [-0.2, -0.15) is 0 Å². The Morgan fingerprint density at radius 2 is 1.81 bits per heavy atom. The third kappa shape index (κ3) is 4.16. The van der Waals surface area contributed by atoms with Crippen LogP contribution >= 0.6 is 11.3 Å². The minimum Gasteiger partial charge on any atom is -0.342 e. The van der Waals surface area contributed by atoms with Crippen molar-refractivity contribution in [1.29, 1.82) is 0 Å². The Morgan fingerprint density at radius 1 is 1.19 bits per heavy atom. The number of rotatable bonds is 4. The molecule has 116 valence electrons. The van der Waals surface area contributed by atoms with Gasteiger partial charge in [0.2, 0.25) is 5.91 Å². The highest BCUT2D eigenvalue weighted by molar-refractivity contribution is 7.12. The summed E-state index contributed by atoms with van der Waals surface area (Å²) in [5.74, 6) is 1.36. The van der Waals surface area contributed by atoms with Gasteiger partial charge in [0.15, 0.2) is 5.78 Å². The predicted molar refractivity (Wildman–Crippen MR) is 86.9 cm³/mol. The lowest BCUT2D eigenvalue weighted by atomic mass is 9.91. The number of hydrogen-bond donors (Lipinski definition) is 0. The molecule has 0 aromatic carbocycles. The zero-order valence-corrected chi connectivity index (χ0v) is 14.3. The molecule has 2 atom stereocenters. The van der Waals surface area contributed by atoms with Crippen molar-refractivity contribution in [3.63, 3.8) is 0 Å². The van der Waals surface area contributed by atoms with Gasteiger partial charge in [0.25, 0.3) is 0 Å². The van der Waals surface area contributed by atoms with E-state index < -0.39 is 0 Å². The van der Waals surface area contributed by atoms with Gasteiger partial charge in [-0.05, 0) is 38.2 Å². The van der Waals surface area contributed by atoms with E-state index in [1.54, 1.807) is 11.3 Å². The van der Waals surface area contributed by atoms with Crippen molar-refractivity contribution in [2.24, 2.45) is 11.8 Å². The van der Waals surface area contributed by atoms with Gasteiger partial charge in [0.05, 0.1) is 0 Å². The van der Waals surface area contributed by atoms with Gasteiger partial charge in [-0.25, -0.2) is 0 Å². The lowest BCUT2D eigenvalue weighted by molar-refractivity contribution is -0.133. The van der Waals surface area contributed by atoms with Crippen molar-refractivity contribution in [2.45, 2.75) is 47.0 Å². The Balaban J connectivity index is 1.89. The van der Waals surface area contributed by atoms with Crippen LogP contribution in [0.2, 0.25) is 0 Å². The van der Waals surface area contributed by atoms with Crippen LogP contribution in [-0.2, 0) is 4.79 Å². The van der Waals surface area contributed by atoms with Crippen LogP contribution in [0.4, 0.5) is 0 Å². The molecule has 2 rings (SSSR count). The number of carbonyl (C=O) groups is 2. The third-order valence-electron chi connectivity index (χ3n) is 4.13. The standard InChI is InChI=1S/C17H25NO2S/c1-11-7-12(2)10-18(9-11)17(20)6-5-16(19)15-8-13(3)21-14(15)4/h8,11-12H,5-7,9-10H2,1-4H3. The SMILES string of the molecule is Cc1cc(C(=O)CCC(=O)N2CC(C)CC(C)C2)c(C)s1. The average Bonchev–Trinajstić information content (AvgIpc) is 2.73. The Kier molecular flexibility index (Phi) is 5.20. The molecule has 2 heterocycles. The zero-order valence-electron chi connectivity index (χ0n) is 13.4. The smallest absolute Gasteiger partial charge is 0.223 e. The van der Waals surface area contributed by atoms with E-state index >= 15 is 0 Å². The Hall–Kier alpha value is -1.16. The normalized spacial score (nSPS) is 22.4. The van der Waals surface area contributed by atoms with Crippen LogP contribution < -0.4 is 0 Å². The van der Waals surface area contributed by atoms with Crippen molar-refractivity contribution < 1.29 is 9.59 Å². The summed E-state index contributed by atoms with van der Waals surface area (Å²) in [6.07, 6.45) is 1.86. The van der Waals surface area contributed by atoms with E-state index in [4.69, 9.17) is 0 Å². The molecule has 1 aromatic rings. The molecule has 2 unspecified atom stereocenters. The summed E-state index contributed by atoms with van der Waals surface area (Å²) < 4.78 is 0. The number of amides is 1. The number of nitrogens with zero attached hydrogens (tertiary/aromatic N) is 1. The fourth-order valence-corrected chi connectivity index (χ4v) is 4.23. The summed E-state index contributed by atoms with van der Waals surface area (Å²) >= 11 is 1.64. The highest BCUT2D eigenvalue weighted by atomic mass is 32.1. The molecule has 0 spiro atoms. The quantitative estimate of drug-likeness (QED) is 0.793. The monoisotopic (exact) mass is 307 g/mol. The first-order chi connectivity index (χ1) is 9.86. The van der Waals surface area contributed by atoms with E-state index in [0.717, 1.165) is 28.4 Å². The van der Waals surface area contributed by atoms with Gasteiger partial charge in [0.1, 0.15) is 0 Å². The first kappa shape index (κ1) is 16.2.